The van der Waals surface area contributed by atoms with E-state index >= 15 is 0 Å². The zero-order chi connectivity index (χ0) is 28.1. The highest BCUT2D eigenvalue weighted by molar-refractivity contribution is 6.70. The Bertz CT molecular complexity index is 986. The number of hydrogen-bond acceptors (Lipinski definition) is 7. The van der Waals surface area contributed by atoms with Gasteiger partial charge >= 0.3 is 0 Å². The van der Waals surface area contributed by atoms with Gasteiger partial charge in [0.1, 0.15) is 25.5 Å². The lowest BCUT2D eigenvalue weighted by Gasteiger charge is -2.62. The normalized spacial score (nSPS) is 40.8. The first-order valence-electron chi connectivity index (χ1n) is 14.5. The van der Waals surface area contributed by atoms with Crippen LogP contribution >= 0.6 is 0 Å². The van der Waals surface area contributed by atoms with Gasteiger partial charge in [-0.2, -0.15) is 0 Å². The molecule has 38 heavy (non-hydrogen) atoms. The van der Waals surface area contributed by atoms with Crippen molar-refractivity contribution in [2.75, 3.05) is 20.8 Å². The second-order valence-electron chi connectivity index (χ2n) is 14.6. The van der Waals surface area contributed by atoms with Crippen LogP contribution in [-0.2, 0) is 18.5 Å². The lowest BCUT2D eigenvalue weighted by molar-refractivity contribution is -0.148. The van der Waals surface area contributed by atoms with Crippen molar-refractivity contribution in [1.82, 2.24) is 0 Å². The Morgan fingerprint density at radius 2 is 1.71 bits per heavy atom. The lowest BCUT2D eigenvalue weighted by Crippen LogP contribution is -2.64. The second kappa shape index (κ2) is 10.4. The largest absolute Gasteiger partial charge is 0.412 e. The standard InChI is InChI=1S/C29H52N2O5Si2/c1-27-15-13-21(30-33-3)17-20(27)11-12-22-23-14-16-29(36-38(8,9)10,28(23,2)18-24(32)26(22)27)25(31-34-4)19-35-37(5,6)7/h17,22-24,26,32H,11-16,18-19H2,1-10H3/t22-,23-,24-,26+,27-,28-,29-/m0/s1. The number of aliphatic hydroxyl groups excluding tert-OH is 1. The van der Waals surface area contributed by atoms with Crippen molar-refractivity contribution >= 4 is 28.1 Å². The van der Waals surface area contributed by atoms with Crippen LogP contribution in [0.2, 0.25) is 39.3 Å². The Balaban J connectivity index is 1.75. The summed E-state index contributed by atoms with van der Waals surface area (Å²) in [5.41, 5.74) is 2.50. The van der Waals surface area contributed by atoms with E-state index in [4.69, 9.17) is 18.5 Å². The van der Waals surface area contributed by atoms with Crippen molar-refractivity contribution in [2.24, 2.45) is 38.9 Å². The van der Waals surface area contributed by atoms with Crippen LogP contribution in [0.1, 0.15) is 58.8 Å². The molecule has 1 N–H and O–H groups in total. The van der Waals surface area contributed by atoms with E-state index in [-0.39, 0.29) is 16.7 Å². The zero-order valence-corrected chi connectivity index (χ0v) is 27.5. The molecular formula is C29H52N2O5Si2. The fourth-order valence-electron chi connectivity index (χ4n) is 8.71. The Labute approximate surface area is 232 Å². The molecule has 0 aliphatic heterocycles. The van der Waals surface area contributed by atoms with Gasteiger partial charge in [-0.15, -0.1) is 0 Å². The molecule has 0 saturated heterocycles. The number of aliphatic hydroxyl groups is 1. The van der Waals surface area contributed by atoms with Gasteiger partial charge < -0.3 is 23.6 Å². The molecule has 7 atom stereocenters. The van der Waals surface area contributed by atoms with E-state index in [1.165, 1.54) is 5.57 Å². The fraction of sp³-hybridized carbons (Fsp3) is 0.862. The predicted octanol–water partition coefficient (Wildman–Crippen LogP) is 6.37. The van der Waals surface area contributed by atoms with Gasteiger partial charge in [-0.25, -0.2) is 0 Å². The molecule has 0 aromatic heterocycles. The van der Waals surface area contributed by atoms with Crippen molar-refractivity contribution in [3.63, 3.8) is 0 Å². The molecule has 0 amide bonds. The van der Waals surface area contributed by atoms with Crippen molar-refractivity contribution in [1.29, 1.82) is 0 Å². The van der Waals surface area contributed by atoms with Crippen LogP contribution in [0.25, 0.3) is 0 Å². The molecule has 0 spiro atoms. The van der Waals surface area contributed by atoms with Gasteiger partial charge in [-0.3, -0.25) is 0 Å². The smallest absolute Gasteiger partial charge is 0.185 e. The molecule has 0 heterocycles. The highest BCUT2D eigenvalue weighted by Crippen LogP contribution is 2.68. The molecule has 0 aromatic carbocycles. The van der Waals surface area contributed by atoms with Crippen LogP contribution in [0.5, 0.6) is 0 Å². The summed E-state index contributed by atoms with van der Waals surface area (Å²) in [6.45, 7) is 18.6. The topological polar surface area (TPSA) is 81.9 Å². The summed E-state index contributed by atoms with van der Waals surface area (Å²) in [6.07, 6.45) is 8.60. The summed E-state index contributed by atoms with van der Waals surface area (Å²) in [7, 11) is -0.562. The molecule has 9 heteroatoms. The van der Waals surface area contributed by atoms with E-state index in [0.29, 0.717) is 24.9 Å². The minimum atomic E-state index is -2.01. The number of fused-ring (bicyclic) bond motifs is 5. The number of allylic oxidation sites excluding steroid dienone is 2. The summed E-state index contributed by atoms with van der Waals surface area (Å²) < 4.78 is 13.7. The fourth-order valence-corrected chi connectivity index (χ4v) is 10.8. The summed E-state index contributed by atoms with van der Waals surface area (Å²) in [5, 5.41) is 20.9. The quantitative estimate of drug-likeness (QED) is 0.211. The van der Waals surface area contributed by atoms with Crippen molar-refractivity contribution in [2.45, 2.75) is 110 Å². The monoisotopic (exact) mass is 564 g/mol. The molecule has 216 valence electrons. The average molecular weight is 565 g/mol. The Morgan fingerprint density at radius 3 is 2.32 bits per heavy atom. The Morgan fingerprint density at radius 1 is 1.00 bits per heavy atom. The summed E-state index contributed by atoms with van der Waals surface area (Å²) in [6, 6.07) is 0. The third-order valence-corrected chi connectivity index (χ3v) is 12.0. The van der Waals surface area contributed by atoms with Crippen molar-refractivity contribution in [3.8, 4) is 0 Å². The zero-order valence-electron chi connectivity index (χ0n) is 25.5. The predicted molar refractivity (Wildman–Crippen MR) is 158 cm³/mol. The SMILES string of the molecule is CON=C1C=C2CC[C@@H]3[C@H]([C@@H](O)C[C@@]4(C)[C@H]3CC[C@]4(O[Si](C)(C)C)C(CO[Si](C)(C)C)=NOC)[C@@]2(C)CC1. The van der Waals surface area contributed by atoms with Gasteiger partial charge in [0, 0.05) is 5.41 Å². The highest BCUT2D eigenvalue weighted by Gasteiger charge is 2.69. The van der Waals surface area contributed by atoms with Crippen LogP contribution in [0.3, 0.4) is 0 Å². The lowest BCUT2D eigenvalue weighted by atomic mass is 9.45. The van der Waals surface area contributed by atoms with E-state index in [1.807, 2.05) is 0 Å². The van der Waals surface area contributed by atoms with Gasteiger partial charge in [0.25, 0.3) is 0 Å². The van der Waals surface area contributed by atoms with E-state index in [0.717, 1.165) is 49.9 Å². The van der Waals surface area contributed by atoms with Crippen molar-refractivity contribution in [3.05, 3.63) is 11.6 Å². The van der Waals surface area contributed by atoms with Crippen LogP contribution in [0, 0.1) is 28.6 Å². The van der Waals surface area contributed by atoms with Crippen LogP contribution in [-0.4, -0.2) is 65.7 Å². The Kier molecular flexibility index (Phi) is 8.23. The maximum absolute atomic E-state index is 12.1. The third kappa shape index (κ3) is 5.22. The maximum Gasteiger partial charge on any atom is 0.185 e. The molecule has 4 aliphatic carbocycles. The number of rotatable bonds is 8. The minimum absolute atomic E-state index is 0.00823. The van der Waals surface area contributed by atoms with E-state index in [1.54, 1.807) is 14.2 Å². The average Bonchev–Trinajstić information content (AvgIpc) is 3.07. The van der Waals surface area contributed by atoms with Crippen molar-refractivity contribution < 1.29 is 23.6 Å². The summed E-state index contributed by atoms with van der Waals surface area (Å²) in [5.74, 6) is 1.14. The van der Waals surface area contributed by atoms with E-state index in [9.17, 15) is 5.11 Å². The van der Waals surface area contributed by atoms with Crippen LogP contribution in [0.4, 0.5) is 0 Å². The molecule has 3 saturated carbocycles. The van der Waals surface area contributed by atoms with E-state index in [2.05, 4.69) is 69.5 Å². The first-order valence-corrected chi connectivity index (χ1v) is 21.4. The molecule has 4 aliphatic rings. The highest BCUT2D eigenvalue weighted by atomic mass is 28.4. The molecule has 0 aromatic rings. The van der Waals surface area contributed by atoms with Gasteiger partial charge in [0.15, 0.2) is 16.6 Å². The first-order chi connectivity index (χ1) is 17.6. The maximum atomic E-state index is 12.1. The van der Waals surface area contributed by atoms with Crippen LogP contribution < -0.4 is 0 Å². The van der Waals surface area contributed by atoms with Gasteiger partial charge in [0.2, 0.25) is 0 Å². The number of hydrogen-bond donors (Lipinski definition) is 1. The molecular weight excluding hydrogens is 513 g/mol. The number of oxime groups is 2. The molecule has 3 fully saturated rings. The third-order valence-electron chi connectivity index (χ3n) is 10.0. The summed E-state index contributed by atoms with van der Waals surface area (Å²) in [4.78, 5) is 10.6. The van der Waals surface area contributed by atoms with Gasteiger partial charge in [0.05, 0.1) is 18.4 Å². The minimum Gasteiger partial charge on any atom is -0.412 e. The number of nitrogens with zero attached hydrogens (tertiary/aromatic N) is 2. The first kappa shape index (κ1) is 30.0. The van der Waals surface area contributed by atoms with Gasteiger partial charge in [-0.05, 0) is 113 Å². The Hall–Kier alpha value is -1.01. The molecule has 0 bridgehead atoms. The van der Waals surface area contributed by atoms with Gasteiger partial charge in [-0.1, -0.05) is 29.7 Å². The molecule has 0 unspecified atom stereocenters. The van der Waals surface area contributed by atoms with E-state index < -0.39 is 28.3 Å². The second-order valence-corrected chi connectivity index (χ2v) is 23.5. The molecule has 4 rings (SSSR count). The molecule has 0 radical (unpaired) electrons. The van der Waals surface area contributed by atoms with Crippen LogP contribution in [0.15, 0.2) is 22.0 Å². The summed E-state index contributed by atoms with van der Waals surface area (Å²) >= 11 is 0. The molecule has 7 nitrogen and oxygen atoms in total.